The second-order valence-corrected chi connectivity index (χ2v) is 6.25. The fraction of sp³-hybridized carbons (Fsp3) is 0.300. The van der Waals surface area contributed by atoms with Crippen LogP contribution in [0.3, 0.4) is 0 Å². The largest absolute Gasteiger partial charge is 0.508 e. The maximum Gasteiger partial charge on any atom is 0.251 e. The van der Waals surface area contributed by atoms with Crippen LogP contribution < -0.4 is 10.6 Å². The number of carbonyl (C=O) groups excluding carboxylic acids is 2. The first-order chi connectivity index (χ1) is 12.1. The summed E-state index contributed by atoms with van der Waals surface area (Å²) >= 11 is 0. The molecule has 0 atom stereocenters. The maximum atomic E-state index is 12.2. The monoisotopic (exact) mass is 338 g/mol. The van der Waals surface area contributed by atoms with Crippen LogP contribution >= 0.6 is 0 Å². The van der Waals surface area contributed by atoms with E-state index in [0.29, 0.717) is 30.6 Å². The van der Waals surface area contributed by atoms with Gasteiger partial charge in [0.1, 0.15) is 5.75 Å². The molecule has 25 heavy (non-hydrogen) atoms. The summed E-state index contributed by atoms with van der Waals surface area (Å²) in [5, 5.41) is 15.0. The molecule has 0 aliphatic heterocycles. The Morgan fingerprint density at radius 1 is 0.880 bits per heavy atom. The molecule has 3 rings (SSSR count). The second kappa shape index (κ2) is 7.83. The molecule has 3 N–H and O–H groups in total. The molecule has 0 heterocycles. The van der Waals surface area contributed by atoms with Gasteiger partial charge in [-0.3, -0.25) is 9.59 Å². The third-order valence-electron chi connectivity index (χ3n) is 4.39. The molecule has 1 aliphatic rings. The van der Waals surface area contributed by atoms with Crippen molar-refractivity contribution in [1.29, 1.82) is 0 Å². The number of phenolic OH excluding ortho intramolecular Hbond substituents is 1. The molecular formula is C20H22N2O3. The normalized spacial score (nSPS) is 12.5. The van der Waals surface area contributed by atoms with Crippen molar-refractivity contribution in [1.82, 2.24) is 10.6 Å². The quantitative estimate of drug-likeness (QED) is 0.708. The number of nitrogens with one attached hydrogen (secondary N) is 2. The third-order valence-corrected chi connectivity index (χ3v) is 4.39. The van der Waals surface area contributed by atoms with Gasteiger partial charge in [-0.1, -0.05) is 12.1 Å². The van der Waals surface area contributed by atoms with E-state index in [2.05, 4.69) is 10.6 Å². The van der Waals surface area contributed by atoms with E-state index < -0.39 is 0 Å². The highest BCUT2D eigenvalue weighted by Gasteiger charge is 2.13. The fourth-order valence-corrected chi connectivity index (χ4v) is 3.06. The van der Waals surface area contributed by atoms with Gasteiger partial charge in [0, 0.05) is 24.2 Å². The van der Waals surface area contributed by atoms with Gasteiger partial charge in [0.2, 0.25) is 0 Å². The fourth-order valence-electron chi connectivity index (χ4n) is 3.06. The van der Waals surface area contributed by atoms with Crippen LogP contribution in [0.25, 0.3) is 0 Å². The van der Waals surface area contributed by atoms with E-state index in [0.717, 1.165) is 12.8 Å². The molecule has 0 radical (unpaired) electrons. The lowest BCUT2D eigenvalue weighted by Gasteiger charge is -2.08. The zero-order valence-corrected chi connectivity index (χ0v) is 14.0. The van der Waals surface area contributed by atoms with Gasteiger partial charge in [-0.2, -0.15) is 0 Å². The number of fused-ring (bicyclic) bond motifs is 1. The molecule has 0 unspecified atom stereocenters. The minimum Gasteiger partial charge on any atom is -0.508 e. The molecule has 5 heteroatoms. The zero-order valence-electron chi connectivity index (χ0n) is 14.0. The minimum atomic E-state index is -0.235. The Morgan fingerprint density at radius 3 is 2.28 bits per heavy atom. The van der Waals surface area contributed by atoms with E-state index >= 15 is 0 Å². The highest BCUT2D eigenvalue weighted by Crippen LogP contribution is 2.22. The number of aryl methyl sites for hydroxylation is 2. The summed E-state index contributed by atoms with van der Waals surface area (Å²) in [4.78, 5) is 24.1. The Hall–Kier alpha value is -2.82. The predicted molar refractivity (Wildman–Crippen MR) is 95.9 cm³/mol. The Morgan fingerprint density at radius 2 is 1.56 bits per heavy atom. The van der Waals surface area contributed by atoms with Crippen molar-refractivity contribution in [3.8, 4) is 5.75 Å². The summed E-state index contributed by atoms with van der Waals surface area (Å²) in [5.41, 5.74) is 3.75. The lowest BCUT2D eigenvalue weighted by molar-refractivity contribution is 0.0951. The number of carbonyl (C=O) groups is 2. The summed E-state index contributed by atoms with van der Waals surface area (Å²) < 4.78 is 0. The van der Waals surface area contributed by atoms with Crippen LogP contribution in [-0.4, -0.2) is 30.0 Å². The van der Waals surface area contributed by atoms with E-state index in [1.54, 1.807) is 12.1 Å². The van der Waals surface area contributed by atoms with Gasteiger partial charge >= 0.3 is 0 Å². The molecule has 2 aromatic carbocycles. The lowest BCUT2D eigenvalue weighted by Crippen LogP contribution is -2.29. The molecular weight excluding hydrogens is 316 g/mol. The Bertz CT molecular complexity index is 786. The number of amides is 2. The first kappa shape index (κ1) is 17.0. The van der Waals surface area contributed by atoms with Gasteiger partial charge in [0.25, 0.3) is 11.8 Å². The summed E-state index contributed by atoms with van der Waals surface area (Å²) in [7, 11) is 0. The molecule has 0 spiro atoms. The smallest absolute Gasteiger partial charge is 0.251 e. The van der Waals surface area contributed by atoms with Crippen LogP contribution in [0.4, 0.5) is 0 Å². The molecule has 0 bridgehead atoms. The minimum absolute atomic E-state index is 0.0641. The van der Waals surface area contributed by atoms with Gasteiger partial charge in [-0.15, -0.1) is 0 Å². The van der Waals surface area contributed by atoms with Crippen LogP contribution in [0.2, 0.25) is 0 Å². The van der Waals surface area contributed by atoms with Crippen molar-refractivity contribution in [3.05, 3.63) is 64.7 Å². The molecule has 0 aromatic heterocycles. The lowest BCUT2D eigenvalue weighted by atomic mass is 10.1. The summed E-state index contributed by atoms with van der Waals surface area (Å²) in [6.07, 6.45) is 3.97. The molecule has 0 fully saturated rings. The Balaban J connectivity index is 1.40. The van der Waals surface area contributed by atoms with Crippen molar-refractivity contribution in [2.75, 3.05) is 13.1 Å². The number of hydrogen-bond acceptors (Lipinski definition) is 3. The van der Waals surface area contributed by atoms with E-state index in [1.165, 1.54) is 29.7 Å². The van der Waals surface area contributed by atoms with Crippen molar-refractivity contribution >= 4 is 11.8 Å². The number of benzene rings is 2. The highest BCUT2D eigenvalue weighted by atomic mass is 16.3. The number of rotatable bonds is 6. The van der Waals surface area contributed by atoms with Crippen LogP contribution in [0.1, 0.15) is 44.7 Å². The summed E-state index contributed by atoms with van der Waals surface area (Å²) in [6.45, 7) is 0.954. The molecule has 2 amide bonds. The van der Waals surface area contributed by atoms with Crippen molar-refractivity contribution in [3.63, 3.8) is 0 Å². The van der Waals surface area contributed by atoms with Crippen LogP contribution in [0, 0.1) is 0 Å². The van der Waals surface area contributed by atoms with E-state index in [4.69, 9.17) is 0 Å². The Kier molecular flexibility index (Phi) is 5.33. The van der Waals surface area contributed by atoms with Crippen LogP contribution in [0.5, 0.6) is 5.75 Å². The third kappa shape index (κ3) is 4.38. The van der Waals surface area contributed by atoms with Gasteiger partial charge < -0.3 is 15.7 Å². The second-order valence-electron chi connectivity index (χ2n) is 6.25. The molecule has 130 valence electrons. The molecule has 5 nitrogen and oxygen atoms in total. The van der Waals surface area contributed by atoms with Crippen LogP contribution in [0.15, 0.2) is 42.5 Å². The molecule has 2 aromatic rings. The van der Waals surface area contributed by atoms with Crippen molar-refractivity contribution in [2.45, 2.75) is 25.7 Å². The predicted octanol–water partition coefficient (Wildman–Crippen LogP) is 2.43. The first-order valence-corrected chi connectivity index (χ1v) is 8.61. The highest BCUT2D eigenvalue weighted by molar-refractivity contribution is 5.95. The SMILES string of the molecule is O=C(NCCCNC(=O)c1ccc2c(c1)CCC2)c1cccc(O)c1. The molecule has 0 saturated carbocycles. The van der Waals surface area contributed by atoms with Crippen molar-refractivity contribution in [2.24, 2.45) is 0 Å². The number of hydrogen-bond donors (Lipinski definition) is 3. The maximum absolute atomic E-state index is 12.2. The van der Waals surface area contributed by atoms with Gasteiger partial charge in [0.05, 0.1) is 0 Å². The van der Waals surface area contributed by atoms with Crippen LogP contribution in [-0.2, 0) is 12.8 Å². The van der Waals surface area contributed by atoms with Gasteiger partial charge in [0.15, 0.2) is 0 Å². The number of phenols is 1. The average Bonchev–Trinajstić information content (AvgIpc) is 3.08. The van der Waals surface area contributed by atoms with E-state index in [9.17, 15) is 14.7 Å². The van der Waals surface area contributed by atoms with Crippen molar-refractivity contribution < 1.29 is 14.7 Å². The topological polar surface area (TPSA) is 78.4 Å². The Labute approximate surface area is 147 Å². The van der Waals surface area contributed by atoms with Gasteiger partial charge in [-0.05, 0) is 67.1 Å². The average molecular weight is 338 g/mol. The molecule has 1 aliphatic carbocycles. The standard InChI is InChI=1S/C20H22N2O3/c23-18-7-2-6-16(13-18)19(24)21-10-3-11-22-20(25)17-9-8-14-4-1-5-15(14)12-17/h2,6-9,12-13,23H,1,3-5,10-11H2,(H,21,24)(H,22,25). The number of aromatic hydroxyl groups is 1. The first-order valence-electron chi connectivity index (χ1n) is 8.61. The van der Waals surface area contributed by atoms with E-state index in [1.807, 2.05) is 18.2 Å². The summed E-state index contributed by atoms with van der Waals surface area (Å²) in [5.74, 6) is -0.246. The molecule has 0 saturated heterocycles. The zero-order chi connectivity index (χ0) is 17.6. The summed E-state index contributed by atoms with van der Waals surface area (Å²) in [6, 6.07) is 12.1. The van der Waals surface area contributed by atoms with E-state index in [-0.39, 0.29) is 17.6 Å². The van der Waals surface area contributed by atoms with Gasteiger partial charge in [-0.25, -0.2) is 0 Å².